The minimum atomic E-state index is -0.0964. The highest BCUT2D eigenvalue weighted by molar-refractivity contribution is 6.42. The Kier molecular flexibility index (Phi) is 8.81. The van der Waals surface area contributed by atoms with Gasteiger partial charge < -0.3 is 4.90 Å². The maximum absolute atomic E-state index is 7.37. The molecule has 1 aliphatic carbocycles. The molecule has 3 aromatic rings. The molecule has 238 valence electrons. The van der Waals surface area contributed by atoms with Crippen molar-refractivity contribution in [1.82, 2.24) is 0 Å². The summed E-state index contributed by atoms with van der Waals surface area (Å²) in [6, 6.07) is 26.5. The van der Waals surface area contributed by atoms with Crippen LogP contribution in [0.5, 0.6) is 0 Å². The van der Waals surface area contributed by atoms with Gasteiger partial charge >= 0.3 is 0 Å². The number of para-hydroxylation sites is 2. The summed E-state index contributed by atoms with van der Waals surface area (Å²) in [7, 11) is 0. The zero-order chi connectivity index (χ0) is 32.8. The molecule has 0 radical (unpaired) electrons. The van der Waals surface area contributed by atoms with E-state index < -0.39 is 0 Å². The third-order valence-electron chi connectivity index (χ3n) is 10.3. The van der Waals surface area contributed by atoms with E-state index in [4.69, 9.17) is 11.6 Å². The van der Waals surface area contributed by atoms with Gasteiger partial charge in [-0.1, -0.05) is 120 Å². The third-order valence-corrected chi connectivity index (χ3v) is 10.7. The van der Waals surface area contributed by atoms with Gasteiger partial charge in [-0.15, -0.1) is 0 Å². The van der Waals surface area contributed by atoms with Crippen LogP contribution < -0.4 is 4.90 Å². The van der Waals surface area contributed by atoms with E-state index in [9.17, 15) is 0 Å². The van der Waals surface area contributed by atoms with Gasteiger partial charge in [-0.3, -0.25) is 0 Å². The van der Waals surface area contributed by atoms with Crippen LogP contribution in [0.25, 0.3) is 11.1 Å². The lowest BCUT2D eigenvalue weighted by Crippen LogP contribution is -2.28. The lowest BCUT2D eigenvalue weighted by atomic mass is 9.81. The first-order chi connectivity index (χ1) is 21.9. The Hall–Kier alpha value is -3.62. The predicted octanol–water partition coefficient (Wildman–Crippen LogP) is 11.4. The van der Waals surface area contributed by atoms with Crippen LogP contribution in [0, 0.1) is 11.8 Å². The average molecular weight is 630 g/mol. The molecule has 0 amide bonds. The Morgan fingerprint density at radius 3 is 2.07 bits per heavy atom. The normalized spacial score (nSPS) is 19.8. The Bertz CT molecular complexity index is 1810. The van der Waals surface area contributed by atoms with Gasteiger partial charge in [0.2, 0.25) is 5.69 Å². The van der Waals surface area contributed by atoms with Crippen molar-refractivity contribution in [3.05, 3.63) is 130 Å². The van der Waals surface area contributed by atoms with Crippen molar-refractivity contribution in [2.45, 2.75) is 79.1 Å². The van der Waals surface area contributed by atoms with Crippen LogP contribution in [0.2, 0.25) is 0 Å². The standard InChI is InChI=1S/C43H50ClN2/c1-29(2)25-27-45-37-19-13-11-17-35(37)42(5,6)39(45)23-21-33-31-15-9-10-16-32(31)34(41(33)44)22-24-40-43(7,8)36-18-12-14-20-38(36)46(40)28-26-30(3)4/h9-24,29-30H,25-28H2,1-8H3/q+1. The van der Waals surface area contributed by atoms with Crippen molar-refractivity contribution >= 4 is 39.8 Å². The minimum Gasteiger partial charge on any atom is -0.344 e. The van der Waals surface area contributed by atoms with Crippen molar-refractivity contribution in [3.63, 3.8) is 0 Å². The van der Waals surface area contributed by atoms with E-state index in [0.717, 1.165) is 42.1 Å². The van der Waals surface area contributed by atoms with Crippen LogP contribution in [0.4, 0.5) is 11.4 Å². The molecule has 0 fully saturated rings. The Morgan fingerprint density at radius 1 is 0.717 bits per heavy atom. The fraction of sp³-hybridized carbons (Fsp3) is 0.372. The maximum Gasteiger partial charge on any atom is 0.209 e. The first kappa shape index (κ1) is 32.3. The van der Waals surface area contributed by atoms with Gasteiger partial charge in [0.05, 0.1) is 10.4 Å². The fourth-order valence-corrected chi connectivity index (χ4v) is 7.85. The average Bonchev–Trinajstić information content (AvgIpc) is 3.51. The Morgan fingerprint density at radius 2 is 1.35 bits per heavy atom. The van der Waals surface area contributed by atoms with Crippen molar-refractivity contribution < 1.29 is 4.58 Å². The van der Waals surface area contributed by atoms with E-state index in [1.54, 1.807) is 0 Å². The summed E-state index contributed by atoms with van der Waals surface area (Å²) in [6.45, 7) is 20.6. The molecule has 0 saturated carbocycles. The first-order valence-corrected chi connectivity index (χ1v) is 17.5. The second-order valence-corrected chi connectivity index (χ2v) is 15.5. The van der Waals surface area contributed by atoms with Gasteiger partial charge in [0.1, 0.15) is 6.54 Å². The van der Waals surface area contributed by atoms with Crippen LogP contribution in [0.15, 0.2) is 108 Å². The largest absolute Gasteiger partial charge is 0.344 e. The van der Waals surface area contributed by atoms with E-state index in [1.807, 2.05) is 0 Å². The highest BCUT2D eigenvalue weighted by atomic mass is 35.5. The Balaban J connectivity index is 1.42. The Labute approximate surface area is 282 Å². The van der Waals surface area contributed by atoms with Crippen LogP contribution in [-0.4, -0.2) is 23.4 Å². The fourth-order valence-electron chi connectivity index (χ4n) is 7.52. The molecule has 0 unspecified atom stereocenters. The molecule has 0 saturated heterocycles. The number of fused-ring (bicyclic) bond motifs is 3. The molecular weight excluding hydrogens is 580 g/mol. The van der Waals surface area contributed by atoms with Crippen LogP contribution in [-0.2, 0) is 10.8 Å². The number of allylic oxidation sites excluding steroid dienone is 8. The summed E-state index contributed by atoms with van der Waals surface area (Å²) < 4.78 is 2.54. The summed E-state index contributed by atoms with van der Waals surface area (Å²) in [5.74, 6) is 1.28. The van der Waals surface area contributed by atoms with Crippen LogP contribution in [0.3, 0.4) is 0 Å². The third kappa shape index (κ3) is 5.64. The van der Waals surface area contributed by atoms with E-state index >= 15 is 0 Å². The summed E-state index contributed by atoms with van der Waals surface area (Å²) in [5.41, 5.74) is 12.5. The second kappa shape index (κ2) is 12.5. The highest BCUT2D eigenvalue weighted by Gasteiger charge is 2.44. The molecule has 3 aliphatic rings. The molecule has 3 heteroatoms. The van der Waals surface area contributed by atoms with Crippen molar-refractivity contribution in [2.75, 3.05) is 18.0 Å². The molecular formula is C43H50ClN2+. The van der Waals surface area contributed by atoms with Gasteiger partial charge in [0, 0.05) is 58.6 Å². The zero-order valence-corrected chi connectivity index (χ0v) is 29.7. The summed E-state index contributed by atoms with van der Waals surface area (Å²) in [6.07, 6.45) is 11.5. The highest BCUT2D eigenvalue weighted by Crippen LogP contribution is 2.49. The second-order valence-electron chi connectivity index (χ2n) is 15.1. The van der Waals surface area contributed by atoms with Gasteiger partial charge in [-0.05, 0) is 67.0 Å². The predicted molar refractivity (Wildman–Crippen MR) is 199 cm³/mol. The summed E-state index contributed by atoms with van der Waals surface area (Å²) in [5, 5.41) is 0.819. The zero-order valence-electron chi connectivity index (χ0n) is 29.0. The first-order valence-electron chi connectivity index (χ1n) is 17.1. The SMILES string of the molecule is CC(C)CCN1C(=CC=C2C(Cl)=C(C=CC3=[N+](CCC(C)C)c4ccccc4C3(C)C)c3ccccc32)C(C)(C)c2ccccc21. The van der Waals surface area contributed by atoms with Crippen LogP contribution >= 0.6 is 11.6 Å². The molecule has 2 nitrogen and oxygen atoms in total. The van der Waals surface area contributed by atoms with Crippen molar-refractivity contribution in [1.29, 1.82) is 0 Å². The molecule has 0 N–H and O–H groups in total. The van der Waals surface area contributed by atoms with E-state index in [-0.39, 0.29) is 10.8 Å². The molecule has 0 atom stereocenters. The minimum absolute atomic E-state index is 0.0964. The number of nitrogens with zero attached hydrogens (tertiary/aromatic N) is 2. The molecule has 3 aromatic carbocycles. The van der Waals surface area contributed by atoms with Gasteiger partial charge in [-0.2, -0.15) is 4.58 Å². The van der Waals surface area contributed by atoms with Crippen molar-refractivity contribution in [3.8, 4) is 0 Å². The molecule has 2 heterocycles. The lowest BCUT2D eigenvalue weighted by molar-refractivity contribution is -0.439. The number of benzene rings is 3. The number of hydrogen-bond donors (Lipinski definition) is 0. The molecule has 0 bridgehead atoms. The maximum atomic E-state index is 7.37. The lowest BCUT2D eigenvalue weighted by Gasteiger charge is -2.27. The van der Waals surface area contributed by atoms with Gasteiger partial charge in [-0.25, -0.2) is 0 Å². The molecule has 0 spiro atoms. The van der Waals surface area contributed by atoms with Crippen LogP contribution in [0.1, 0.15) is 90.5 Å². The summed E-state index contributed by atoms with van der Waals surface area (Å²) >= 11 is 7.37. The number of anilines is 1. The smallest absolute Gasteiger partial charge is 0.209 e. The van der Waals surface area contributed by atoms with Crippen molar-refractivity contribution in [2.24, 2.45) is 11.8 Å². The van der Waals surface area contributed by atoms with Gasteiger partial charge in [0.25, 0.3) is 0 Å². The number of rotatable bonds is 9. The quantitative estimate of drug-likeness (QED) is 0.213. The molecule has 6 rings (SSSR count). The monoisotopic (exact) mass is 629 g/mol. The molecule has 2 aliphatic heterocycles. The van der Waals surface area contributed by atoms with E-state index in [0.29, 0.717) is 11.8 Å². The molecule has 46 heavy (non-hydrogen) atoms. The summed E-state index contributed by atoms with van der Waals surface area (Å²) in [4.78, 5) is 2.54. The number of hydrogen-bond acceptors (Lipinski definition) is 1. The molecule has 0 aromatic heterocycles. The van der Waals surface area contributed by atoms with Gasteiger partial charge in [0.15, 0.2) is 5.71 Å². The topological polar surface area (TPSA) is 6.25 Å². The number of halogens is 1. The van der Waals surface area contributed by atoms with E-state index in [1.165, 1.54) is 45.0 Å². The van der Waals surface area contributed by atoms with E-state index in [2.05, 4.69) is 162 Å².